The zero-order chi connectivity index (χ0) is 10.7. The van der Waals surface area contributed by atoms with E-state index in [0.29, 0.717) is 0 Å². The molecule has 2 N–H and O–H groups in total. The quantitative estimate of drug-likeness (QED) is 0.801. The maximum Gasteiger partial charge on any atom is 0.200 e. The van der Waals surface area contributed by atoms with Crippen molar-refractivity contribution in [1.29, 1.82) is 0 Å². The van der Waals surface area contributed by atoms with Crippen molar-refractivity contribution >= 4 is 5.95 Å². The number of nitrogens with zero attached hydrogens (tertiary/aromatic N) is 1. The first kappa shape index (κ1) is 9.77. The molecule has 0 spiro atoms. The molecule has 0 fully saturated rings. The third kappa shape index (κ3) is 2.37. The number of benzene rings is 1. The van der Waals surface area contributed by atoms with Crippen molar-refractivity contribution in [2.24, 2.45) is 0 Å². The molecular formula is C12H15N3. The van der Waals surface area contributed by atoms with E-state index in [9.17, 15) is 0 Å². The van der Waals surface area contributed by atoms with Gasteiger partial charge in [0.05, 0.1) is 6.04 Å². The van der Waals surface area contributed by atoms with Crippen LogP contribution in [0, 0.1) is 6.92 Å². The van der Waals surface area contributed by atoms with Crippen LogP contribution in [-0.4, -0.2) is 9.97 Å². The van der Waals surface area contributed by atoms with Gasteiger partial charge in [-0.2, -0.15) is 0 Å². The van der Waals surface area contributed by atoms with Crippen molar-refractivity contribution < 1.29 is 0 Å². The molecule has 2 rings (SSSR count). The number of imidazole rings is 1. The molecule has 1 unspecified atom stereocenters. The van der Waals surface area contributed by atoms with E-state index >= 15 is 0 Å². The Balaban J connectivity index is 2.08. The average molecular weight is 201 g/mol. The lowest BCUT2D eigenvalue weighted by Gasteiger charge is -2.13. The summed E-state index contributed by atoms with van der Waals surface area (Å²) >= 11 is 0. The molecule has 3 heteroatoms. The minimum absolute atomic E-state index is 0.261. The van der Waals surface area contributed by atoms with Crippen LogP contribution in [0.2, 0.25) is 0 Å². The Kier molecular flexibility index (Phi) is 2.72. The van der Waals surface area contributed by atoms with Gasteiger partial charge < -0.3 is 10.3 Å². The minimum Gasteiger partial charge on any atom is -0.349 e. The highest BCUT2D eigenvalue weighted by Crippen LogP contribution is 2.16. The van der Waals surface area contributed by atoms with E-state index in [2.05, 4.69) is 53.4 Å². The van der Waals surface area contributed by atoms with Crippen LogP contribution in [0.25, 0.3) is 0 Å². The molecule has 0 aliphatic heterocycles. The second-order valence-electron chi connectivity index (χ2n) is 3.71. The van der Waals surface area contributed by atoms with Gasteiger partial charge in [0.2, 0.25) is 5.95 Å². The van der Waals surface area contributed by atoms with Gasteiger partial charge in [0.15, 0.2) is 0 Å². The highest BCUT2D eigenvalue weighted by atomic mass is 15.1. The van der Waals surface area contributed by atoms with E-state index in [1.807, 2.05) is 6.20 Å². The Bertz CT molecular complexity index is 403. The number of rotatable bonds is 3. The monoisotopic (exact) mass is 201 g/mol. The van der Waals surface area contributed by atoms with Crippen LogP contribution in [-0.2, 0) is 0 Å². The largest absolute Gasteiger partial charge is 0.349 e. The summed E-state index contributed by atoms with van der Waals surface area (Å²) in [6.45, 7) is 4.21. The van der Waals surface area contributed by atoms with Crippen LogP contribution in [0.4, 0.5) is 5.95 Å². The zero-order valence-corrected chi connectivity index (χ0v) is 8.99. The van der Waals surface area contributed by atoms with Gasteiger partial charge in [-0.05, 0) is 19.4 Å². The number of anilines is 1. The molecule has 15 heavy (non-hydrogen) atoms. The van der Waals surface area contributed by atoms with Gasteiger partial charge in [0.25, 0.3) is 0 Å². The van der Waals surface area contributed by atoms with Crippen LogP contribution >= 0.6 is 0 Å². The molecule has 1 heterocycles. The Morgan fingerprint density at radius 1 is 1.27 bits per heavy atom. The van der Waals surface area contributed by atoms with E-state index in [4.69, 9.17) is 0 Å². The van der Waals surface area contributed by atoms with Crippen molar-refractivity contribution in [3.8, 4) is 0 Å². The summed E-state index contributed by atoms with van der Waals surface area (Å²) in [6, 6.07) is 8.77. The lowest BCUT2D eigenvalue weighted by atomic mass is 10.1. The number of aromatic amines is 1. The standard InChI is InChI=1S/C12H15N3/c1-9-3-5-11(6-4-9)10(2)15-12-13-7-8-14-12/h3-8,10H,1-2H3,(H2,13,14,15). The predicted octanol–water partition coefficient (Wildman–Crippen LogP) is 2.89. The molecule has 0 bridgehead atoms. The first-order valence-electron chi connectivity index (χ1n) is 5.08. The lowest BCUT2D eigenvalue weighted by molar-refractivity contribution is 0.867. The fourth-order valence-electron chi connectivity index (χ4n) is 1.49. The highest BCUT2D eigenvalue weighted by Gasteiger charge is 2.05. The molecule has 1 aromatic heterocycles. The third-order valence-corrected chi connectivity index (χ3v) is 2.43. The predicted molar refractivity (Wildman–Crippen MR) is 61.8 cm³/mol. The van der Waals surface area contributed by atoms with Crippen molar-refractivity contribution in [2.45, 2.75) is 19.9 Å². The highest BCUT2D eigenvalue weighted by molar-refractivity contribution is 5.32. The third-order valence-electron chi connectivity index (χ3n) is 2.43. The van der Waals surface area contributed by atoms with Gasteiger partial charge in [0.1, 0.15) is 0 Å². The minimum atomic E-state index is 0.261. The van der Waals surface area contributed by atoms with Gasteiger partial charge in [0, 0.05) is 12.4 Å². The molecule has 1 atom stereocenters. The first-order valence-corrected chi connectivity index (χ1v) is 5.08. The molecule has 0 saturated heterocycles. The summed E-state index contributed by atoms with van der Waals surface area (Å²) in [5.74, 6) is 0.808. The molecular weight excluding hydrogens is 186 g/mol. The van der Waals surface area contributed by atoms with E-state index in [1.54, 1.807) is 6.20 Å². The van der Waals surface area contributed by atoms with Crippen molar-refractivity contribution in [2.75, 3.05) is 5.32 Å². The zero-order valence-electron chi connectivity index (χ0n) is 8.99. The normalized spacial score (nSPS) is 12.4. The smallest absolute Gasteiger partial charge is 0.200 e. The number of hydrogen-bond acceptors (Lipinski definition) is 2. The molecule has 0 aliphatic carbocycles. The fourth-order valence-corrected chi connectivity index (χ4v) is 1.49. The summed E-state index contributed by atoms with van der Waals surface area (Å²) in [4.78, 5) is 7.16. The number of aryl methyl sites for hydroxylation is 1. The second-order valence-corrected chi connectivity index (χ2v) is 3.71. The molecule has 0 amide bonds. The van der Waals surface area contributed by atoms with Gasteiger partial charge in [-0.25, -0.2) is 4.98 Å². The van der Waals surface area contributed by atoms with Crippen LogP contribution in [0.3, 0.4) is 0 Å². The molecule has 0 aliphatic rings. The van der Waals surface area contributed by atoms with Crippen molar-refractivity contribution in [3.63, 3.8) is 0 Å². The number of hydrogen-bond donors (Lipinski definition) is 2. The van der Waals surface area contributed by atoms with E-state index in [1.165, 1.54) is 11.1 Å². The Hall–Kier alpha value is -1.77. The van der Waals surface area contributed by atoms with Gasteiger partial charge in [-0.15, -0.1) is 0 Å². The SMILES string of the molecule is Cc1ccc(C(C)Nc2ncc[nH]2)cc1. The second kappa shape index (κ2) is 4.17. The van der Waals surface area contributed by atoms with Crippen LogP contribution < -0.4 is 5.32 Å². The van der Waals surface area contributed by atoms with E-state index < -0.39 is 0 Å². The average Bonchev–Trinajstić information content (AvgIpc) is 2.71. The Morgan fingerprint density at radius 3 is 2.60 bits per heavy atom. The summed E-state index contributed by atoms with van der Waals surface area (Å²) in [6.07, 6.45) is 3.55. The van der Waals surface area contributed by atoms with Gasteiger partial charge in [-0.3, -0.25) is 0 Å². The van der Waals surface area contributed by atoms with E-state index in [-0.39, 0.29) is 6.04 Å². The molecule has 0 saturated carbocycles. The van der Waals surface area contributed by atoms with Crippen molar-refractivity contribution in [3.05, 3.63) is 47.8 Å². The number of H-pyrrole nitrogens is 1. The van der Waals surface area contributed by atoms with Crippen LogP contribution in [0.5, 0.6) is 0 Å². The Labute approximate surface area is 89.6 Å². The van der Waals surface area contributed by atoms with E-state index in [0.717, 1.165) is 5.95 Å². The summed E-state index contributed by atoms with van der Waals surface area (Å²) in [5, 5.41) is 3.29. The topological polar surface area (TPSA) is 40.7 Å². The molecule has 3 nitrogen and oxygen atoms in total. The first-order chi connectivity index (χ1) is 7.25. The fraction of sp³-hybridized carbons (Fsp3) is 0.250. The van der Waals surface area contributed by atoms with Crippen molar-refractivity contribution in [1.82, 2.24) is 9.97 Å². The number of aromatic nitrogens is 2. The van der Waals surface area contributed by atoms with Gasteiger partial charge in [-0.1, -0.05) is 29.8 Å². The van der Waals surface area contributed by atoms with Gasteiger partial charge >= 0.3 is 0 Å². The van der Waals surface area contributed by atoms with Crippen LogP contribution in [0.15, 0.2) is 36.7 Å². The maximum absolute atomic E-state index is 4.13. The lowest BCUT2D eigenvalue weighted by Crippen LogP contribution is -2.07. The molecule has 78 valence electrons. The summed E-state index contributed by atoms with van der Waals surface area (Å²) < 4.78 is 0. The van der Waals surface area contributed by atoms with Crippen LogP contribution in [0.1, 0.15) is 24.1 Å². The summed E-state index contributed by atoms with van der Waals surface area (Å²) in [7, 11) is 0. The summed E-state index contributed by atoms with van der Waals surface area (Å²) in [5.41, 5.74) is 2.54. The molecule has 1 aromatic carbocycles. The number of nitrogens with one attached hydrogen (secondary N) is 2. The Morgan fingerprint density at radius 2 is 2.00 bits per heavy atom. The molecule has 0 radical (unpaired) electrons. The maximum atomic E-state index is 4.13. The molecule has 2 aromatic rings.